The number of hydrogen-bond acceptors (Lipinski definition) is 4. The van der Waals surface area contributed by atoms with E-state index in [9.17, 15) is 19.5 Å². The molecule has 0 spiro atoms. The van der Waals surface area contributed by atoms with Crippen molar-refractivity contribution in [1.29, 1.82) is 0 Å². The van der Waals surface area contributed by atoms with Gasteiger partial charge in [-0.3, -0.25) is 9.59 Å². The summed E-state index contributed by atoms with van der Waals surface area (Å²) in [5, 5.41) is 12.0. The molecule has 0 fully saturated rings. The first-order valence-corrected chi connectivity index (χ1v) is 8.15. The van der Waals surface area contributed by atoms with Crippen LogP contribution in [0.3, 0.4) is 0 Å². The molecule has 6 nitrogen and oxygen atoms in total. The number of rotatable bonds is 6. The number of nitrogens with one attached hydrogen (secondary N) is 1. The van der Waals surface area contributed by atoms with Crippen LogP contribution in [0.15, 0.2) is 42.5 Å². The molecule has 0 radical (unpaired) electrons. The summed E-state index contributed by atoms with van der Waals surface area (Å²) in [6.07, 6.45) is 0.184. The van der Waals surface area contributed by atoms with Crippen LogP contribution in [0.4, 0.5) is 0 Å². The molecule has 1 amide bonds. The van der Waals surface area contributed by atoms with Gasteiger partial charge in [-0.1, -0.05) is 24.3 Å². The van der Waals surface area contributed by atoms with E-state index in [-0.39, 0.29) is 17.7 Å². The minimum Gasteiger partial charge on any atom is -0.480 e. The fourth-order valence-electron chi connectivity index (χ4n) is 2.68. The molecule has 0 heterocycles. The van der Waals surface area contributed by atoms with Crippen molar-refractivity contribution >= 4 is 17.8 Å². The number of benzene rings is 2. The van der Waals surface area contributed by atoms with E-state index < -0.39 is 23.9 Å². The zero-order valence-corrected chi connectivity index (χ0v) is 14.9. The van der Waals surface area contributed by atoms with E-state index in [1.165, 1.54) is 19.1 Å². The molecule has 136 valence electrons. The second-order valence-electron chi connectivity index (χ2n) is 6.06. The summed E-state index contributed by atoms with van der Waals surface area (Å²) in [6, 6.07) is 10.7. The number of amides is 1. The third-order valence-corrected chi connectivity index (χ3v) is 4.01. The number of carboxylic acids is 1. The second kappa shape index (κ2) is 8.29. The van der Waals surface area contributed by atoms with Crippen LogP contribution in [0.5, 0.6) is 5.75 Å². The number of hydrogen-bond donors (Lipinski definition) is 2. The number of carbonyl (C=O) groups is 3. The molecule has 2 rings (SSSR count). The summed E-state index contributed by atoms with van der Waals surface area (Å²) in [5.41, 5.74) is 3.06. The van der Waals surface area contributed by atoms with Crippen LogP contribution in [0.25, 0.3) is 0 Å². The molecule has 2 aromatic rings. The van der Waals surface area contributed by atoms with E-state index in [0.29, 0.717) is 0 Å². The van der Waals surface area contributed by atoms with Gasteiger partial charge < -0.3 is 15.2 Å². The number of ether oxygens (including phenoxy) is 1. The van der Waals surface area contributed by atoms with Gasteiger partial charge in [0, 0.05) is 18.9 Å². The third-order valence-electron chi connectivity index (χ3n) is 4.01. The van der Waals surface area contributed by atoms with Crippen LogP contribution in [0, 0.1) is 13.8 Å². The fraction of sp³-hybridized carbons (Fsp3) is 0.250. The zero-order chi connectivity index (χ0) is 19.3. The van der Waals surface area contributed by atoms with Crippen LogP contribution in [0.1, 0.15) is 34.0 Å². The van der Waals surface area contributed by atoms with Crippen molar-refractivity contribution in [2.24, 2.45) is 0 Å². The minimum atomic E-state index is -1.11. The SMILES string of the molecule is CC(=O)Oc1cccc(C(=O)N[C@@H](Cc2c(C)cccc2C)C(=O)O)c1. The Bertz CT molecular complexity index is 824. The van der Waals surface area contributed by atoms with Crippen molar-refractivity contribution < 1.29 is 24.2 Å². The van der Waals surface area contributed by atoms with Gasteiger partial charge >= 0.3 is 11.9 Å². The molecule has 0 unspecified atom stereocenters. The van der Waals surface area contributed by atoms with Crippen LogP contribution in [0.2, 0.25) is 0 Å². The van der Waals surface area contributed by atoms with Gasteiger partial charge in [0.05, 0.1) is 0 Å². The van der Waals surface area contributed by atoms with Crippen LogP contribution in [-0.2, 0) is 16.0 Å². The Morgan fingerprint density at radius 3 is 2.27 bits per heavy atom. The van der Waals surface area contributed by atoms with Crippen molar-refractivity contribution in [2.75, 3.05) is 0 Å². The van der Waals surface area contributed by atoms with Gasteiger partial charge in [-0.05, 0) is 48.7 Å². The van der Waals surface area contributed by atoms with Gasteiger partial charge in [0.15, 0.2) is 0 Å². The molecule has 0 aliphatic carbocycles. The van der Waals surface area contributed by atoms with Gasteiger partial charge in [0.25, 0.3) is 5.91 Å². The van der Waals surface area contributed by atoms with Gasteiger partial charge in [-0.25, -0.2) is 4.79 Å². The average Bonchev–Trinajstić information content (AvgIpc) is 2.56. The molecule has 0 aromatic heterocycles. The maximum Gasteiger partial charge on any atom is 0.326 e. The van der Waals surface area contributed by atoms with Crippen LogP contribution < -0.4 is 10.1 Å². The zero-order valence-electron chi connectivity index (χ0n) is 14.9. The normalized spacial score (nSPS) is 11.5. The van der Waals surface area contributed by atoms with Crippen molar-refractivity contribution in [3.8, 4) is 5.75 Å². The monoisotopic (exact) mass is 355 g/mol. The quantitative estimate of drug-likeness (QED) is 0.614. The topological polar surface area (TPSA) is 92.7 Å². The van der Waals surface area contributed by atoms with Crippen molar-refractivity contribution in [3.63, 3.8) is 0 Å². The summed E-state index contributed by atoms with van der Waals surface area (Å²) >= 11 is 0. The number of aryl methyl sites for hydroxylation is 2. The summed E-state index contributed by atoms with van der Waals surface area (Å²) in [4.78, 5) is 35.1. The van der Waals surface area contributed by atoms with Crippen LogP contribution in [-0.4, -0.2) is 29.0 Å². The highest BCUT2D eigenvalue weighted by Gasteiger charge is 2.23. The number of carbonyl (C=O) groups excluding carboxylic acids is 2. The molecule has 6 heteroatoms. The van der Waals surface area contributed by atoms with Crippen molar-refractivity contribution in [2.45, 2.75) is 33.2 Å². The number of aliphatic carboxylic acids is 1. The molecular weight excluding hydrogens is 334 g/mol. The first kappa shape index (κ1) is 19.2. The largest absolute Gasteiger partial charge is 0.480 e. The van der Waals surface area contributed by atoms with Crippen LogP contribution >= 0.6 is 0 Å². The van der Waals surface area contributed by atoms with Gasteiger partial charge in [0.2, 0.25) is 0 Å². The van der Waals surface area contributed by atoms with Gasteiger partial charge in [-0.15, -0.1) is 0 Å². The predicted octanol–water partition coefficient (Wildman–Crippen LogP) is 2.65. The molecule has 1 atom stereocenters. The summed E-state index contributed by atoms with van der Waals surface area (Å²) in [5.74, 6) is -1.93. The molecule has 26 heavy (non-hydrogen) atoms. The molecule has 0 aliphatic rings. The van der Waals surface area contributed by atoms with Crippen molar-refractivity contribution in [3.05, 3.63) is 64.7 Å². The maximum absolute atomic E-state index is 12.4. The molecular formula is C20H21NO5. The van der Waals surface area contributed by atoms with Gasteiger partial charge in [-0.2, -0.15) is 0 Å². The smallest absolute Gasteiger partial charge is 0.326 e. The Labute approximate surface area is 151 Å². The second-order valence-corrected chi connectivity index (χ2v) is 6.06. The van der Waals surface area contributed by atoms with Crippen molar-refractivity contribution in [1.82, 2.24) is 5.32 Å². The highest BCUT2D eigenvalue weighted by atomic mass is 16.5. The number of carboxylic acid groups (broad SMARTS) is 1. The summed E-state index contributed by atoms with van der Waals surface area (Å²) in [6.45, 7) is 5.08. The molecule has 0 saturated heterocycles. The first-order valence-electron chi connectivity index (χ1n) is 8.15. The lowest BCUT2D eigenvalue weighted by atomic mass is 9.96. The molecule has 2 aromatic carbocycles. The maximum atomic E-state index is 12.4. The lowest BCUT2D eigenvalue weighted by Crippen LogP contribution is -2.42. The predicted molar refractivity (Wildman–Crippen MR) is 96.3 cm³/mol. The van der Waals surface area contributed by atoms with E-state index in [0.717, 1.165) is 16.7 Å². The van der Waals surface area contributed by atoms with E-state index in [1.54, 1.807) is 12.1 Å². The Morgan fingerprint density at radius 2 is 1.69 bits per heavy atom. The molecule has 0 saturated carbocycles. The Kier molecular flexibility index (Phi) is 6.11. The third kappa shape index (κ3) is 4.92. The van der Waals surface area contributed by atoms with Gasteiger partial charge in [0.1, 0.15) is 11.8 Å². The summed E-state index contributed by atoms with van der Waals surface area (Å²) in [7, 11) is 0. The highest BCUT2D eigenvalue weighted by molar-refractivity contribution is 5.97. The Hall–Kier alpha value is -3.15. The summed E-state index contributed by atoms with van der Waals surface area (Å²) < 4.78 is 4.95. The lowest BCUT2D eigenvalue weighted by Gasteiger charge is -2.17. The standard InChI is InChI=1S/C20H21NO5/c1-12-6-4-7-13(2)17(12)11-18(20(24)25)21-19(23)15-8-5-9-16(10-15)26-14(3)22/h4-10,18H,11H2,1-3H3,(H,21,23)(H,24,25)/t18-/m0/s1. The van der Waals surface area contributed by atoms with E-state index in [1.807, 2.05) is 32.0 Å². The number of esters is 1. The molecule has 0 bridgehead atoms. The minimum absolute atomic E-state index is 0.184. The first-order chi connectivity index (χ1) is 12.3. The molecule has 2 N–H and O–H groups in total. The highest BCUT2D eigenvalue weighted by Crippen LogP contribution is 2.17. The van der Waals surface area contributed by atoms with E-state index in [4.69, 9.17) is 4.74 Å². The Balaban J connectivity index is 2.18. The fourth-order valence-corrected chi connectivity index (χ4v) is 2.68. The molecule has 0 aliphatic heterocycles. The lowest BCUT2D eigenvalue weighted by molar-refractivity contribution is -0.139. The average molecular weight is 355 g/mol. The Morgan fingerprint density at radius 1 is 1.08 bits per heavy atom. The van der Waals surface area contributed by atoms with E-state index in [2.05, 4.69) is 5.32 Å². The van der Waals surface area contributed by atoms with E-state index >= 15 is 0 Å².